The molecule has 2 atom stereocenters. The first-order valence-corrected chi connectivity index (χ1v) is 7.98. The molecule has 2 aliphatic heterocycles. The largest absolute Gasteiger partial charge is 0.353 e. The number of hydrogen-bond donors (Lipinski definition) is 1. The van der Waals surface area contributed by atoms with Crippen LogP contribution in [0.1, 0.15) is 48.6 Å². The third-order valence-corrected chi connectivity index (χ3v) is 5.05. The van der Waals surface area contributed by atoms with Crippen molar-refractivity contribution in [2.45, 2.75) is 44.2 Å². The molecule has 112 valence electrons. The van der Waals surface area contributed by atoms with Gasteiger partial charge in [0.1, 0.15) is 5.69 Å². The molecular formula is C16H21N3O2. The molecule has 2 amide bonds. The molecule has 4 rings (SSSR count). The number of likely N-dealkylation sites (tertiary alicyclic amines) is 1. The maximum atomic E-state index is 12.8. The minimum atomic E-state index is 0.155. The van der Waals surface area contributed by atoms with Gasteiger partial charge in [0.25, 0.3) is 5.91 Å². The van der Waals surface area contributed by atoms with E-state index in [2.05, 4.69) is 9.88 Å². The lowest BCUT2D eigenvalue weighted by molar-refractivity contribution is -0.125. The van der Waals surface area contributed by atoms with E-state index < -0.39 is 0 Å². The highest BCUT2D eigenvalue weighted by Gasteiger charge is 2.36. The van der Waals surface area contributed by atoms with Gasteiger partial charge in [-0.15, -0.1) is 0 Å². The number of fused-ring (bicyclic) bond motifs is 1. The summed E-state index contributed by atoms with van der Waals surface area (Å²) in [6.45, 7) is 1.52. The molecular weight excluding hydrogens is 266 g/mol. The summed E-state index contributed by atoms with van der Waals surface area (Å²) in [5, 5.41) is 3.07. The number of nitrogens with one attached hydrogen (secondary N) is 1. The lowest BCUT2D eigenvalue weighted by Gasteiger charge is -2.41. The third kappa shape index (κ3) is 2.34. The van der Waals surface area contributed by atoms with Crippen LogP contribution in [-0.4, -0.2) is 40.4 Å². The summed E-state index contributed by atoms with van der Waals surface area (Å²) in [6.07, 6.45) is 6.79. The van der Waals surface area contributed by atoms with Crippen LogP contribution in [0.5, 0.6) is 0 Å². The lowest BCUT2D eigenvalue weighted by atomic mass is 9.85. The van der Waals surface area contributed by atoms with Crippen LogP contribution in [0.4, 0.5) is 0 Å². The Balaban J connectivity index is 1.48. The van der Waals surface area contributed by atoms with Gasteiger partial charge in [-0.3, -0.25) is 9.59 Å². The molecule has 1 N–H and O–H groups in total. The lowest BCUT2D eigenvalue weighted by Crippen LogP contribution is -2.55. The Morgan fingerprint density at radius 2 is 2.10 bits per heavy atom. The van der Waals surface area contributed by atoms with E-state index in [1.54, 1.807) is 0 Å². The zero-order chi connectivity index (χ0) is 14.4. The highest BCUT2D eigenvalue weighted by Crippen LogP contribution is 2.36. The molecule has 21 heavy (non-hydrogen) atoms. The van der Waals surface area contributed by atoms with Crippen LogP contribution >= 0.6 is 0 Å². The van der Waals surface area contributed by atoms with Gasteiger partial charge in [0.2, 0.25) is 5.91 Å². The zero-order valence-electron chi connectivity index (χ0n) is 12.1. The van der Waals surface area contributed by atoms with Crippen molar-refractivity contribution in [1.82, 2.24) is 14.8 Å². The van der Waals surface area contributed by atoms with Crippen LogP contribution in [0, 0.1) is 5.92 Å². The van der Waals surface area contributed by atoms with Gasteiger partial charge in [0.05, 0.1) is 0 Å². The van der Waals surface area contributed by atoms with E-state index in [-0.39, 0.29) is 17.9 Å². The molecule has 0 radical (unpaired) electrons. The highest BCUT2D eigenvalue weighted by atomic mass is 16.2. The van der Waals surface area contributed by atoms with Crippen LogP contribution in [-0.2, 0) is 4.79 Å². The smallest absolute Gasteiger partial charge is 0.270 e. The fraction of sp³-hybridized carbons (Fsp3) is 0.625. The van der Waals surface area contributed by atoms with E-state index in [0.29, 0.717) is 18.4 Å². The van der Waals surface area contributed by atoms with Gasteiger partial charge in [-0.2, -0.15) is 0 Å². The normalized spacial score (nSPS) is 29.0. The number of carbonyl (C=O) groups excluding carboxylic acids is 2. The second-order valence-corrected chi connectivity index (χ2v) is 6.54. The third-order valence-electron chi connectivity index (χ3n) is 5.05. The fourth-order valence-corrected chi connectivity index (χ4v) is 3.70. The van der Waals surface area contributed by atoms with Gasteiger partial charge in [-0.25, -0.2) is 0 Å². The van der Waals surface area contributed by atoms with Crippen LogP contribution in [0.25, 0.3) is 0 Å². The Labute approximate surface area is 124 Å². The van der Waals surface area contributed by atoms with Crippen LogP contribution in [0.15, 0.2) is 18.3 Å². The van der Waals surface area contributed by atoms with Crippen LogP contribution in [0.2, 0.25) is 0 Å². The summed E-state index contributed by atoms with van der Waals surface area (Å²) < 4.78 is 2.14. The van der Waals surface area contributed by atoms with Crippen molar-refractivity contribution < 1.29 is 9.59 Å². The minimum absolute atomic E-state index is 0.155. The first kappa shape index (κ1) is 12.9. The van der Waals surface area contributed by atoms with Gasteiger partial charge in [0.15, 0.2) is 0 Å². The van der Waals surface area contributed by atoms with E-state index in [1.165, 1.54) is 12.8 Å². The van der Waals surface area contributed by atoms with Crippen molar-refractivity contribution in [2.24, 2.45) is 5.92 Å². The number of rotatable bonds is 2. The van der Waals surface area contributed by atoms with Crippen molar-refractivity contribution >= 4 is 11.8 Å². The number of nitrogens with zero attached hydrogens (tertiary/aromatic N) is 2. The number of amides is 2. The summed E-state index contributed by atoms with van der Waals surface area (Å²) in [4.78, 5) is 26.2. The van der Waals surface area contributed by atoms with Crippen LogP contribution in [0.3, 0.4) is 0 Å². The zero-order valence-corrected chi connectivity index (χ0v) is 12.1. The van der Waals surface area contributed by atoms with E-state index in [1.807, 2.05) is 23.2 Å². The second-order valence-electron chi connectivity index (χ2n) is 6.54. The van der Waals surface area contributed by atoms with E-state index in [0.717, 1.165) is 31.6 Å². The Kier molecular flexibility index (Phi) is 3.01. The summed E-state index contributed by atoms with van der Waals surface area (Å²) >= 11 is 0. The first-order valence-electron chi connectivity index (χ1n) is 7.98. The molecule has 0 bridgehead atoms. The maximum Gasteiger partial charge on any atom is 0.270 e. The molecule has 1 saturated carbocycles. The molecule has 1 aromatic heterocycles. The van der Waals surface area contributed by atoms with Crippen molar-refractivity contribution in [1.29, 1.82) is 0 Å². The van der Waals surface area contributed by atoms with Gasteiger partial charge in [-0.05, 0) is 43.7 Å². The maximum absolute atomic E-state index is 12.8. The number of piperidine rings is 2. The number of carbonyl (C=O) groups is 2. The Bertz CT molecular complexity index is 576. The standard InChI is InChI=1S/C16H21N3O2/c20-15-6-3-11-10-18(9-7-13(11)17-15)16(21)14-2-1-8-19(14)12-4-5-12/h1-2,8,11-13H,3-7,9-10H2,(H,17,20). The average Bonchev–Trinajstić information content (AvgIpc) is 3.23. The van der Waals surface area contributed by atoms with Gasteiger partial charge in [-0.1, -0.05) is 0 Å². The highest BCUT2D eigenvalue weighted by molar-refractivity contribution is 5.93. The Morgan fingerprint density at radius 3 is 2.90 bits per heavy atom. The molecule has 3 fully saturated rings. The summed E-state index contributed by atoms with van der Waals surface area (Å²) in [7, 11) is 0. The summed E-state index contributed by atoms with van der Waals surface area (Å²) in [5.41, 5.74) is 0.829. The van der Waals surface area contributed by atoms with Gasteiger partial charge >= 0.3 is 0 Å². The van der Waals surface area contributed by atoms with Crippen molar-refractivity contribution in [3.8, 4) is 0 Å². The molecule has 2 saturated heterocycles. The Hall–Kier alpha value is -1.78. The second kappa shape index (κ2) is 4.90. The molecule has 5 heteroatoms. The molecule has 3 heterocycles. The number of hydrogen-bond acceptors (Lipinski definition) is 2. The Morgan fingerprint density at radius 1 is 1.24 bits per heavy atom. The van der Waals surface area contributed by atoms with Crippen molar-refractivity contribution in [3.63, 3.8) is 0 Å². The van der Waals surface area contributed by atoms with Crippen molar-refractivity contribution in [2.75, 3.05) is 13.1 Å². The molecule has 0 spiro atoms. The SMILES string of the molecule is O=C1CCC2CN(C(=O)c3cccn3C3CC3)CCC2N1. The summed E-state index contributed by atoms with van der Waals surface area (Å²) in [5.74, 6) is 0.741. The van der Waals surface area contributed by atoms with E-state index in [9.17, 15) is 9.59 Å². The van der Waals surface area contributed by atoms with Crippen molar-refractivity contribution in [3.05, 3.63) is 24.0 Å². The predicted molar refractivity (Wildman–Crippen MR) is 77.9 cm³/mol. The molecule has 1 aromatic rings. The molecule has 2 unspecified atom stereocenters. The fourth-order valence-electron chi connectivity index (χ4n) is 3.70. The topological polar surface area (TPSA) is 54.3 Å². The average molecular weight is 287 g/mol. The number of aromatic nitrogens is 1. The quantitative estimate of drug-likeness (QED) is 0.897. The van der Waals surface area contributed by atoms with Crippen LogP contribution < -0.4 is 5.32 Å². The summed E-state index contributed by atoms with van der Waals surface area (Å²) in [6, 6.07) is 4.71. The molecule has 1 aliphatic carbocycles. The molecule has 3 aliphatic rings. The molecule has 5 nitrogen and oxygen atoms in total. The van der Waals surface area contributed by atoms with E-state index >= 15 is 0 Å². The van der Waals surface area contributed by atoms with E-state index in [4.69, 9.17) is 0 Å². The predicted octanol–water partition coefficient (Wildman–Crippen LogP) is 1.56. The monoisotopic (exact) mass is 287 g/mol. The van der Waals surface area contributed by atoms with Gasteiger partial charge in [0, 0.05) is 37.8 Å². The first-order chi connectivity index (χ1) is 10.2. The molecule has 0 aromatic carbocycles. The minimum Gasteiger partial charge on any atom is -0.353 e. The van der Waals surface area contributed by atoms with Gasteiger partial charge < -0.3 is 14.8 Å².